The van der Waals surface area contributed by atoms with Crippen molar-refractivity contribution < 1.29 is 9.52 Å². The van der Waals surface area contributed by atoms with Crippen LogP contribution in [-0.2, 0) is 0 Å². The van der Waals surface area contributed by atoms with Gasteiger partial charge in [0, 0.05) is 11.8 Å². The normalized spacial score (nSPS) is 10.1. The average Bonchev–Trinajstić information content (AvgIpc) is 2.34. The molecule has 0 bridgehead atoms. The topological polar surface area (TPSA) is 56.0 Å². The van der Waals surface area contributed by atoms with E-state index in [0.717, 1.165) is 5.56 Å². The van der Waals surface area contributed by atoms with Crippen LogP contribution in [0.15, 0.2) is 42.7 Å². The van der Waals surface area contributed by atoms with E-state index in [0.29, 0.717) is 21.5 Å². The minimum absolute atomic E-state index is 0.298. The first-order chi connectivity index (χ1) is 8.56. The standard InChI is InChI=1S/C14H12N2O2/c1-10-5-6-13(8-11(10)2)15-14(17)12-4-3-7-16(18)9-12/h2-9H,1H3,(H,15,17). The Balaban J connectivity index is 2.18. The van der Waals surface area contributed by atoms with Gasteiger partial charge in [-0.1, -0.05) is 6.07 Å². The summed E-state index contributed by atoms with van der Waals surface area (Å²) >= 11 is 0. The van der Waals surface area contributed by atoms with Crippen molar-refractivity contribution in [3.05, 3.63) is 71.5 Å². The van der Waals surface area contributed by atoms with Gasteiger partial charge in [-0.05, 0) is 43.2 Å². The number of carbonyl (C=O) groups is 1. The summed E-state index contributed by atoms with van der Waals surface area (Å²) < 4.78 is 0.582. The number of nitrogens with zero attached hydrogens (tertiary/aromatic N) is 1. The van der Waals surface area contributed by atoms with E-state index in [4.69, 9.17) is 6.92 Å². The van der Waals surface area contributed by atoms with Crippen LogP contribution in [0.25, 0.3) is 0 Å². The van der Waals surface area contributed by atoms with Crippen LogP contribution >= 0.6 is 0 Å². The monoisotopic (exact) mass is 240 g/mol. The lowest BCUT2D eigenvalue weighted by atomic mass is 10.1. The Labute approximate surface area is 105 Å². The van der Waals surface area contributed by atoms with Crippen molar-refractivity contribution in [3.8, 4) is 0 Å². The molecule has 18 heavy (non-hydrogen) atoms. The maximum Gasteiger partial charge on any atom is 0.261 e. The fourth-order valence-electron chi connectivity index (χ4n) is 1.51. The van der Waals surface area contributed by atoms with Gasteiger partial charge in [0.2, 0.25) is 0 Å². The molecule has 0 spiro atoms. The molecule has 0 aliphatic rings. The van der Waals surface area contributed by atoms with Gasteiger partial charge in [-0.25, -0.2) is 0 Å². The smallest absolute Gasteiger partial charge is 0.261 e. The van der Waals surface area contributed by atoms with Gasteiger partial charge in [0.15, 0.2) is 12.4 Å². The molecule has 1 heterocycles. The summed E-state index contributed by atoms with van der Waals surface area (Å²) in [6.45, 7) is 7.64. The maximum atomic E-state index is 11.9. The molecule has 4 heteroatoms. The summed E-state index contributed by atoms with van der Waals surface area (Å²) in [6, 6.07) is 8.36. The predicted molar refractivity (Wildman–Crippen MR) is 67.9 cm³/mol. The molecule has 0 atom stereocenters. The van der Waals surface area contributed by atoms with Gasteiger partial charge in [0.05, 0.1) is 0 Å². The first kappa shape index (κ1) is 12.1. The molecule has 0 unspecified atom stereocenters. The number of amides is 1. The number of aromatic nitrogens is 1. The van der Waals surface area contributed by atoms with Crippen molar-refractivity contribution in [3.63, 3.8) is 0 Å². The molecular weight excluding hydrogens is 228 g/mol. The molecule has 2 radical (unpaired) electrons. The third kappa shape index (κ3) is 2.66. The van der Waals surface area contributed by atoms with Gasteiger partial charge in [-0.2, -0.15) is 4.73 Å². The van der Waals surface area contributed by atoms with Gasteiger partial charge in [0.25, 0.3) is 5.91 Å². The highest BCUT2D eigenvalue weighted by Gasteiger charge is 2.09. The van der Waals surface area contributed by atoms with Crippen LogP contribution in [0, 0.1) is 19.1 Å². The van der Waals surface area contributed by atoms with Gasteiger partial charge in [0.1, 0.15) is 5.56 Å². The molecule has 1 amide bonds. The number of pyridine rings is 1. The second-order valence-electron chi connectivity index (χ2n) is 3.98. The van der Waals surface area contributed by atoms with Crippen LogP contribution in [-0.4, -0.2) is 5.91 Å². The van der Waals surface area contributed by atoms with Gasteiger partial charge in [-0.15, -0.1) is 0 Å². The fraction of sp³-hybridized carbons (Fsp3) is 0.0714. The Kier molecular flexibility index (Phi) is 3.28. The van der Waals surface area contributed by atoms with Crippen molar-refractivity contribution >= 4 is 11.6 Å². The molecular formula is C14H12N2O2. The molecule has 2 aromatic rings. The summed E-state index contributed by atoms with van der Waals surface area (Å²) in [5, 5.41) is 13.7. The third-order valence-electron chi connectivity index (χ3n) is 2.57. The molecule has 0 aliphatic carbocycles. The third-order valence-corrected chi connectivity index (χ3v) is 2.57. The summed E-state index contributed by atoms with van der Waals surface area (Å²) in [6.07, 6.45) is 2.54. The van der Waals surface area contributed by atoms with E-state index in [-0.39, 0.29) is 5.91 Å². The highest BCUT2D eigenvalue weighted by atomic mass is 16.5. The Morgan fingerprint density at radius 2 is 2.17 bits per heavy atom. The largest absolute Gasteiger partial charge is 0.619 e. The molecule has 90 valence electrons. The molecule has 0 fully saturated rings. The van der Waals surface area contributed by atoms with Gasteiger partial charge >= 0.3 is 0 Å². The van der Waals surface area contributed by atoms with E-state index in [1.165, 1.54) is 18.5 Å². The number of anilines is 1. The van der Waals surface area contributed by atoms with Crippen molar-refractivity contribution in [2.75, 3.05) is 5.32 Å². The van der Waals surface area contributed by atoms with Crippen molar-refractivity contribution in [2.24, 2.45) is 0 Å². The summed E-state index contributed by atoms with van der Waals surface area (Å²) in [4.78, 5) is 11.9. The summed E-state index contributed by atoms with van der Waals surface area (Å²) in [5.41, 5.74) is 2.46. The lowest BCUT2D eigenvalue weighted by Gasteiger charge is -2.07. The molecule has 4 nitrogen and oxygen atoms in total. The quantitative estimate of drug-likeness (QED) is 0.644. The predicted octanol–water partition coefficient (Wildman–Crippen LogP) is 1.94. The first-order valence-corrected chi connectivity index (χ1v) is 5.42. The van der Waals surface area contributed by atoms with Crippen LogP contribution in [0.5, 0.6) is 0 Å². The maximum absolute atomic E-state index is 11.9. The number of rotatable bonds is 2. The van der Waals surface area contributed by atoms with Crippen LogP contribution in [0.1, 0.15) is 21.5 Å². The lowest BCUT2D eigenvalue weighted by molar-refractivity contribution is -0.605. The number of hydrogen-bond acceptors (Lipinski definition) is 2. The van der Waals surface area contributed by atoms with E-state index in [1.54, 1.807) is 18.2 Å². The van der Waals surface area contributed by atoms with Gasteiger partial charge in [-0.3, -0.25) is 4.79 Å². The Morgan fingerprint density at radius 3 is 2.83 bits per heavy atom. The van der Waals surface area contributed by atoms with Crippen LogP contribution in [0.2, 0.25) is 0 Å². The second-order valence-corrected chi connectivity index (χ2v) is 3.98. The lowest BCUT2D eigenvalue weighted by Crippen LogP contribution is -2.27. The molecule has 1 aromatic carbocycles. The van der Waals surface area contributed by atoms with Gasteiger partial charge < -0.3 is 10.5 Å². The molecule has 2 rings (SSSR count). The minimum Gasteiger partial charge on any atom is -0.619 e. The van der Waals surface area contributed by atoms with Crippen molar-refractivity contribution in [1.29, 1.82) is 0 Å². The van der Waals surface area contributed by atoms with Crippen molar-refractivity contribution in [1.82, 2.24) is 0 Å². The highest BCUT2D eigenvalue weighted by molar-refractivity contribution is 6.03. The zero-order chi connectivity index (χ0) is 13.1. The number of nitrogens with one attached hydrogen (secondary N) is 1. The molecule has 0 saturated heterocycles. The molecule has 0 saturated carbocycles. The SMILES string of the molecule is [CH]c1cc(NC(=O)c2ccc[n+]([O-])c2)ccc1C. The second kappa shape index (κ2) is 4.87. The Hall–Kier alpha value is -2.36. The van der Waals surface area contributed by atoms with Crippen LogP contribution < -0.4 is 10.0 Å². The van der Waals surface area contributed by atoms with E-state index in [2.05, 4.69) is 5.32 Å². The number of carbonyl (C=O) groups excluding carboxylic acids is 1. The van der Waals surface area contributed by atoms with Crippen molar-refractivity contribution in [2.45, 2.75) is 6.92 Å². The van der Waals surface area contributed by atoms with Crippen LogP contribution in [0.3, 0.4) is 0 Å². The average molecular weight is 240 g/mol. The number of hydrogen-bond donors (Lipinski definition) is 1. The number of aryl methyl sites for hydroxylation is 1. The van der Waals surface area contributed by atoms with Crippen LogP contribution in [0.4, 0.5) is 5.69 Å². The summed E-state index contributed by atoms with van der Waals surface area (Å²) in [7, 11) is 0. The fourth-order valence-corrected chi connectivity index (χ4v) is 1.51. The van der Waals surface area contributed by atoms with E-state index in [9.17, 15) is 10.0 Å². The number of benzene rings is 1. The summed E-state index contributed by atoms with van der Waals surface area (Å²) in [5.74, 6) is -0.344. The van der Waals surface area contributed by atoms with E-state index in [1.807, 2.05) is 13.0 Å². The van der Waals surface area contributed by atoms with E-state index < -0.39 is 0 Å². The molecule has 0 aliphatic heterocycles. The Bertz CT molecular complexity index is 594. The van der Waals surface area contributed by atoms with E-state index >= 15 is 0 Å². The zero-order valence-corrected chi connectivity index (χ0v) is 9.88. The Morgan fingerprint density at radius 1 is 1.39 bits per heavy atom. The zero-order valence-electron chi connectivity index (χ0n) is 9.88. The highest BCUT2D eigenvalue weighted by Crippen LogP contribution is 2.14. The minimum atomic E-state index is -0.344. The first-order valence-electron chi connectivity index (χ1n) is 5.42. The molecule has 1 N–H and O–H groups in total. The molecule has 1 aromatic heterocycles.